The highest BCUT2D eigenvalue weighted by Gasteiger charge is 2.18. The number of aromatic nitrogens is 2. The van der Waals surface area contributed by atoms with Crippen molar-refractivity contribution in [2.45, 2.75) is 13.1 Å². The van der Waals surface area contributed by atoms with Crippen molar-refractivity contribution >= 4 is 11.6 Å². The molecule has 4 rings (SSSR count). The lowest BCUT2D eigenvalue weighted by atomic mass is 10.2. The van der Waals surface area contributed by atoms with Crippen molar-refractivity contribution in [1.82, 2.24) is 20.2 Å². The van der Waals surface area contributed by atoms with Gasteiger partial charge in [0.15, 0.2) is 0 Å². The molecule has 0 saturated carbocycles. The zero-order valence-corrected chi connectivity index (χ0v) is 16.4. The van der Waals surface area contributed by atoms with Crippen molar-refractivity contribution in [3.8, 4) is 0 Å². The predicted molar refractivity (Wildman–Crippen MR) is 114 cm³/mol. The molecule has 1 aliphatic rings. The number of rotatable bonds is 6. The van der Waals surface area contributed by atoms with Crippen LogP contribution in [0.25, 0.3) is 0 Å². The van der Waals surface area contributed by atoms with Crippen LogP contribution in [0.3, 0.4) is 0 Å². The van der Waals surface area contributed by atoms with Gasteiger partial charge in [-0.3, -0.25) is 14.7 Å². The van der Waals surface area contributed by atoms with Crippen LogP contribution in [0.1, 0.15) is 21.6 Å². The highest BCUT2D eigenvalue weighted by molar-refractivity contribution is 5.92. The van der Waals surface area contributed by atoms with Gasteiger partial charge in [0.25, 0.3) is 5.91 Å². The summed E-state index contributed by atoms with van der Waals surface area (Å²) in [4.78, 5) is 25.5. The number of anilines is 1. The minimum absolute atomic E-state index is 0.173. The summed E-state index contributed by atoms with van der Waals surface area (Å²) in [6, 6.07) is 18.1. The summed E-state index contributed by atoms with van der Waals surface area (Å²) in [5.41, 5.74) is 3.81. The number of amides is 1. The van der Waals surface area contributed by atoms with Crippen LogP contribution in [0, 0.1) is 0 Å². The Hall–Kier alpha value is -3.25. The number of hydrogen-bond donors (Lipinski definition) is 1. The summed E-state index contributed by atoms with van der Waals surface area (Å²) < 4.78 is 0. The van der Waals surface area contributed by atoms with E-state index in [2.05, 4.69) is 55.4 Å². The minimum atomic E-state index is -0.173. The molecular weight excluding hydrogens is 362 g/mol. The second kappa shape index (κ2) is 9.30. The van der Waals surface area contributed by atoms with Gasteiger partial charge in [-0.05, 0) is 29.3 Å². The topological polar surface area (TPSA) is 61.4 Å². The molecule has 1 N–H and O–H groups in total. The summed E-state index contributed by atoms with van der Waals surface area (Å²) >= 11 is 0. The standard InChI is InChI=1S/C23H25N5O/c29-23(26-16-20-7-4-10-24-15-20)22-9-8-21(17-25-22)28-13-11-27(12-14-28)18-19-5-2-1-3-6-19/h1-10,15,17H,11-14,16,18H2,(H,26,29). The van der Waals surface area contributed by atoms with Crippen molar-refractivity contribution in [3.63, 3.8) is 0 Å². The predicted octanol–water partition coefficient (Wildman–Crippen LogP) is 2.73. The van der Waals surface area contributed by atoms with E-state index in [1.807, 2.05) is 18.2 Å². The molecule has 0 bridgehead atoms. The Morgan fingerprint density at radius 3 is 2.38 bits per heavy atom. The molecular formula is C23H25N5O. The average Bonchev–Trinajstić information content (AvgIpc) is 2.79. The Morgan fingerprint density at radius 2 is 1.69 bits per heavy atom. The van der Waals surface area contributed by atoms with Gasteiger partial charge in [-0.25, -0.2) is 4.98 Å². The van der Waals surface area contributed by atoms with Gasteiger partial charge in [0.05, 0.1) is 11.9 Å². The largest absolute Gasteiger partial charge is 0.368 e. The number of nitrogens with one attached hydrogen (secondary N) is 1. The lowest BCUT2D eigenvalue weighted by molar-refractivity contribution is 0.0946. The molecule has 0 unspecified atom stereocenters. The number of piperazine rings is 1. The SMILES string of the molecule is O=C(NCc1cccnc1)c1ccc(N2CCN(Cc3ccccc3)CC2)cn1. The van der Waals surface area contributed by atoms with E-state index in [1.54, 1.807) is 24.7 Å². The molecule has 0 atom stereocenters. The van der Waals surface area contributed by atoms with Gasteiger partial charge in [-0.2, -0.15) is 0 Å². The van der Waals surface area contributed by atoms with Crippen molar-refractivity contribution in [1.29, 1.82) is 0 Å². The maximum Gasteiger partial charge on any atom is 0.270 e. The molecule has 1 fully saturated rings. The van der Waals surface area contributed by atoms with Gasteiger partial charge < -0.3 is 10.2 Å². The molecule has 1 aromatic carbocycles. The molecule has 0 spiro atoms. The van der Waals surface area contributed by atoms with Crippen LogP contribution in [0.2, 0.25) is 0 Å². The van der Waals surface area contributed by atoms with Crippen LogP contribution in [0.5, 0.6) is 0 Å². The first-order chi connectivity index (χ1) is 14.3. The van der Waals surface area contributed by atoms with E-state index in [9.17, 15) is 4.79 Å². The van der Waals surface area contributed by atoms with Crippen molar-refractivity contribution < 1.29 is 4.79 Å². The van der Waals surface area contributed by atoms with E-state index in [4.69, 9.17) is 0 Å². The maximum absolute atomic E-state index is 12.3. The Balaban J connectivity index is 1.27. The first-order valence-electron chi connectivity index (χ1n) is 9.92. The van der Waals surface area contributed by atoms with Crippen molar-refractivity contribution in [2.75, 3.05) is 31.1 Å². The van der Waals surface area contributed by atoms with Crippen molar-refractivity contribution in [2.24, 2.45) is 0 Å². The number of pyridine rings is 2. The van der Waals surface area contributed by atoms with E-state index >= 15 is 0 Å². The summed E-state index contributed by atoms with van der Waals surface area (Å²) in [5, 5.41) is 2.88. The van der Waals surface area contributed by atoms with Gasteiger partial charge in [0.2, 0.25) is 0 Å². The first kappa shape index (κ1) is 19.1. The van der Waals surface area contributed by atoms with E-state index < -0.39 is 0 Å². The molecule has 148 valence electrons. The third-order valence-electron chi connectivity index (χ3n) is 5.14. The molecule has 1 amide bonds. The smallest absolute Gasteiger partial charge is 0.270 e. The quantitative estimate of drug-likeness (QED) is 0.705. The van der Waals surface area contributed by atoms with Crippen LogP contribution in [0.4, 0.5) is 5.69 Å². The third kappa shape index (κ3) is 5.18. The van der Waals surface area contributed by atoms with E-state index in [0.29, 0.717) is 12.2 Å². The Morgan fingerprint density at radius 1 is 0.897 bits per heavy atom. The van der Waals surface area contributed by atoms with E-state index in [1.165, 1.54) is 5.56 Å². The van der Waals surface area contributed by atoms with Gasteiger partial charge in [0.1, 0.15) is 5.69 Å². The average molecular weight is 387 g/mol. The summed E-state index contributed by atoms with van der Waals surface area (Å²) in [7, 11) is 0. The second-order valence-electron chi connectivity index (χ2n) is 7.19. The molecule has 6 nitrogen and oxygen atoms in total. The summed E-state index contributed by atoms with van der Waals surface area (Å²) in [6.07, 6.45) is 5.26. The Kier molecular flexibility index (Phi) is 6.12. The zero-order chi connectivity index (χ0) is 19.9. The van der Waals surface area contributed by atoms with Gasteiger partial charge >= 0.3 is 0 Å². The molecule has 3 aromatic rings. The fourth-order valence-corrected chi connectivity index (χ4v) is 3.49. The van der Waals surface area contributed by atoms with Gasteiger partial charge in [-0.15, -0.1) is 0 Å². The molecule has 0 aliphatic carbocycles. The van der Waals surface area contributed by atoms with Gasteiger partial charge in [-0.1, -0.05) is 36.4 Å². The maximum atomic E-state index is 12.3. The molecule has 29 heavy (non-hydrogen) atoms. The third-order valence-corrected chi connectivity index (χ3v) is 5.14. The van der Waals surface area contributed by atoms with E-state index in [0.717, 1.165) is 44.0 Å². The molecule has 3 heterocycles. The Bertz CT molecular complexity index is 907. The van der Waals surface area contributed by atoms with Crippen LogP contribution >= 0.6 is 0 Å². The molecule has 0 radical (unpaired) electrons. The van der Waals surface area contributed by atoms with Gasteiger partial charge in [0, 0.05) is 51.7 Å². The van der Waals surface area contributed by atoms with Crippen LogP contribution in [0.15, 0.2) is 73.2 Å². The number of carbonyl (C=O) groups excluding carboxylic acids is 1. The number of nitrogens with zero attached hydrogens (tertiary/aromatic N) is 4. The Labute approximate surface area is 171 Å². The second-order valence-corrected chi connectivity index (χ2v) is 7.19. The van der Waals surface area contributed by atoms with Crippen molar-refractivity contribution in [3.05, 3.63) is 90.0 Å². The highest BCUT2D eigenvalue weighted by Crippen LogP contribution is 2.17. The molecule has 1 aliphatic heterocycles. The lowest BCUT2D eigenvalue weighted by Gasteiger charge is -2.36. The monoisotopic (exact) mass is 387 g/mol. The van der Waals surface area contributed by atoms with E-state index in [-0.39, 0.29) is 5.91 Å². The molecule has 6 heteroatoms. The highest BCUT2D eigenvalue weighted by atomic mass is 16.1. The normalized spacial score (nSPS) is 14.6. The molecule has 2 aromatic heterocycles. The number of benzene rings is 1. The summed E-state index contributed by atoms with van der Waals surface area (Å²) in [6.45, 7) is 5.38. The lowest BCUT2D eigenvalue weighted by Crippen LogP contribution is -2.46. The van der Waals surface area contributed by atoms with Crippen LogP contribution < -0.4 is 10.2 Å². The fourth-order valence-electron chi connectivity index (χ4n) is 3.49. The first-order valence-corrected chi connectivity index (χ1v) is 9.92. The van der Waals surface area contributed by atoms with Crippen LogP contribution in [-0.4, -0.2) is 47.0 Å². The fraction of sp³-hybridized carbons (Fsp3) is 0.261. The van der Waals surface area contributed by atoms with Crippen LogP contribution in [-0.2, 0) is 13.1 Å². The number of hydrogen-bond acceptors (Lipinski definition) is 5. The minimum Gasteiger partial charge on any atom is -0.368 e. The summed E-state index contributed by atoms with van der Waals surface area (Å²) in [5.74, 6) is -0.173. The zero-order valence-electron chi connectivity index (χ0n) is 16.4. The molecule has 1 saturated heterocycles. The number of carbonyl (C=O) groups is 1.